The molecule has 1 heterocycles. The van der Waals surface area contributed by atoms with Crippen molar-refractivity contribution in [2.24, 2.45) is 0 Å². The summed E-state index contributed by atoms with van der Waals surface area (Å²) in [5.74, 6) is -0.884. The van der Waals surface area contributed by atoms with Gasteiger partial charge in [0.1, 0.15) is 0 Å². The lowest BCUT2D eigenvalue weighted by atomic mass is 10.0. The number of hydrogen-bond acceptors (Lipinski definition) is 3. The van der Waals surface area contributed by atoms with Crippen LogP contribution in [0.3, 0.4) is 0 Å². The Morgan fingerprint density at radius 3 is 2.55 bits per heavy atom. The average molecular weight is 270 g/mol. The molecule has 4 nitrogen and oxygen atoms in total. The van der Waals surface area contributed by atoms with E-state index in [0.717, 1.165) is 11.1 Å². The normalized spacial score (nSPS) is 12.3. The van der Waals surface area contributed by atoms with Gasteiger partial charge >= 0.3 is 5.97 Å². The van der Waals surface area contributed by atoms with Gasteiger partial charge < -0.3 is 5.11 Å². The number of rotatable bonds is 5. The van der Waals surface area contributed by atoms with E-state index in [1.54, 1.807) is 24.5 Å². The number of benzene rings is 1. The van der Waals surface area contributed by atoms with Gasteiger partial charge in [0.2, 0.25) is 0 Å². The molecule has 104 valence electrons. The molecule has 0 saturated carbocycles. The second-order valence-corrected chi connectivity index (χ2v) is 4.83. The maximum atomic E-state index is 11.2. The molecular weight excluding hydrogens is 252 g/mol. The standard InChI is InChI=1S/C16H18N2O2/c1-12(13-7-9-17-10-8-13)18(2)11-14-5-3-4-6-15(14)16(19)20/h3-10,12H,11H2,1-2H3,(H,19,20). The van der Waals surface area contributed by atoms with Gasteiger partial charge in [-0.25, -0.2) is 4.79 Å². The zero-order valence-electron chi connectivity index (χ0n) is 11.7. The number of carboxylic acid groups (broad SMARTS) is 1. The number of carboxylic acids is 1. The number of aromatic carboxylic acids is 1. The summed E-state index contributed by atoms with van der Waals surface area (Å²) in [6.07, 6.45) is 3.54. The van der Waals surface area contributed by atoms with E-state index < -0.39 is 5.97 Å². The third-order valence-corrected chi connectivity index (χ3v) is 3.52. The molecule has 0 aliphatic carbocycles. The van der Waals surface area contributed by atoms with Crippen molar-refractivity contribution in [3.05, 3.63) is 65.5 Å². The maximum absolute atomic E-state index is 11.2. The second kappa shape index (κ2) is 6.30. The molecule has 1 N–H and O–H groups in total. The summed E-state index contributed by atoms with van der Waals surface area (Å²) in [5.41, 5.74) is 2.35. The number of carbonyl (C=O) groups is 1. The van der Waals surface area contributed by atoms with Crippen LogP contribution in [-0.4, -0.2) is 28.0 Å². The van der Waals surface area contributed by atoms with Crippen LogP contribution < -0.4 is 0 Å². The lowest BCUT2D eigenvalue weighted by Crippen LogP contribution is -2.23. The fraction of sp³-hybridized carbons (Fsp3) is 0.250. The maximum Gasteiger partial charge on any atom is 0.336 e. The summed E-state index contributed by atoms with van der Waals surface area (Å²) in [6, 6.07) is 11.3. The van der Waals surface area contributed by atoms with Crippen LogP contribution in [0.4, 0.5) is 0 Å². The van der Waals surface area contributed by atoms with Crippen LogP contribution in [0.25, 0.3) is 0 Å². The fourth-order valence-corrected chi connectivity index (χ4v) is 2.17. The van der Waals surface area contributed by atoms with Gasteiger partial charge in [-0.15, -0.1) is 0 Å². The van der Waals surface area contributed by atoms with Crippen LogP contribution >= 0.6 is 0 Å². The largest absolute Gasteiger partial charge is 0.478 e. The van der Waals surface area contributed by atoms with E-state index in [4.69, 9.17) is 0 Å². The molecule has 1 unspecified atom stereocenters. The van der Waals surface area contributed by atoms with Crippen molar-refractivity contribution in [3.63, 3.8) is 0 Å². The first-order valence-electron chi connectivity index (χ1n) is 6.51. The van der Waals surface area contributed by atoms with Crippen molar-refractivity contribution >= 4 is 5.97 Å². The van der Waals surface area contributed by atoms with E-state index in [2.05, 4.69) is 16.8 Å². The van der Waals surface area contributed by atoms with E-state index in [9.17, 15) is 9.90 Å². The molecule has 20 heavy (non-hydrogen) atoms. The summed E-state index contributed by atoms with van der Waals surface area (Å²) in [5, 5.41) is 9.21. The van der Waals surface area contributed by atoms with Crippen LogP contribution in [0.2, 0.25) is 0 Å². The Hall–Kier alpha value is -2.20. The highest BCUT2D eigenvalue weighted by Gasteiger charge is 2.15. The summed E-state index contributed by atoms with van der Waals surface area (Å²) >= 11 is 0. The Morgan fingerprint density at radius 2 is 1.90 bits per heavy atom. The van der Waals surface area contributed by atoms with Gasteiger partial charge in [-0.1, -0.05) is 18.2 Å². The number of pyridine rings is 1. The molecule has 0 fully saturated rings. The van der Waals surface area contributed by atoms with Crippen LogP contribution in [0.1, 0.15) is 34.5 Å². The average Bonchev–Trinajstić information content (AvgIpc) is 2.47. The van der Waals surface area contributed by atoms with Crippen molar-refractivity contribution < 1.29 is 9.90 Å². The smallest absolute Gasteiger partial charge is 0.336 e. The van der Waals surface area contributed by atoms with E-state index in [1.807, 2.05) is 31.3 Å². The number of nitrogens with zero attached hydrogens (tertiary/aromatic N) is 2. The predicted molar refractivity (Wildman–Crippen MR) is 77.5 cm³/mol. The number of aromatic nitrogens is 1. The van der Waals surface area contributed by atoms with Crippen LogP contribution in [0.5, 0.6) is 0 Å². The number of hydrogen-bond donors (Lipinski definition) is 1. The Morgan fingerprint density at radius 1 is 1.25 bits per heavy atom. The summed E-state index contributed by atoms with van der Waals surface area (Å²) in [4.78, 5) is 17.4. The highest BCUT2D eigenvalue weighted by atomic mass is 16.4. The molecule has 1 aromatic carbocycles. The first kappa shape index (κ1) is 14.2. The first-order valence-corrected chi connectivity index (χ1v) is 6.51. The zero-order valence-corrected chi connectivity index (χ0v) is 11.7. The van der Waals surface area contributed by atoms with Crippen LogP contribution in [-0.2, 0) is 6.54 Å². The Balaban J connectivity index is 2.16. The molecule has 2 aromatic rings. The molecule has 1 aromatic heterocycles. The van der Waals surface area contributed by atoms with Crippen molar-refractivity contribution in [1.29, 1.82) is 0 Å². The molecule has 0 saturated heterocycles. The molecule has 0 spiro atoms. The van der Waals surface area contributed by atoms with Crippen molar-refractivity contribution in [2.45, 2.75) is 19.5 Å². The highest BCUT2D eigenvalue weighted by molar-refractivity contribution is 5.89. The van der Waals surface area contributed by atoms with E-state index in [1.165, 1.54) is 0 Å². The van der Waals surface area contributed by atoms with Crippen LogP contribution in [0.15, 0.2) is 48.8 Å². The Labute approximate surface area is 118 Å². The van der Waals surface area contributed by atoms with Crippen molar-refractivity contribution in [2.75, 3.05) is 7.05 Å². The van der Waals surface area contributed by atoms with E-state index in [-0.39, 0.29) is 6.04 Å². The van der Waals surface area contributed by atoms with Gasteiger partial charge in [-0.05, 0) is 43.3 Å². The lowest BCUT2D eigenvalue weighted by molar-refractivity contribution is 0.0694. The summed E-state index contributed by atoms with van der Waals surface area (Å²) in [7, 11) is 1.99. The predicted octanol–water partition coefficient (Wildman–Crippen LogP) is 2.97. The van der Waals surface area contributed by atoms with E-state index in [0.29, 0.717) is 12.1 Å². The SMILES string of the molecule is CC(c1ccncc1)N(C)Cc1ccccc1C(=O)O. The lowest BCUT2D eigenvalue weighted by Gasteiger charge is -2.25. The molecule has 0 aliphatic heterocycles. The molecule has 0 amide bonds. The molecule has 0 aliphatic rings. The molecule has 0 radical (unpaired) electrons. The minimum Gasteiger partial charge on any atom is -0.478 e. The van der Waals surface area contributed by atoms with Crippen molar-refractivity contribution in [3.8, 4) is 0 Å². The minimum absolute atomic E-state index is 0.194. The highest BCUT2D eigenvalue weighted by Crippen LogP contribution is 2.21. The fourth-order valence-electron chi connectivity index (χ4n) is 2.17. The molecule has 1 atom stereocenters. The minimum atomic E-state index is -0.884. The quantitative estimate of drug-likeness (QED) is 0.907. The van der Waals surface area contributed by atoms with Gasteiger partial charge in [0, 0.05) is 25.0 Å². The zero-order chi connectivity index (χ0) is 14.5. The summed E-state index contributed by atoms with van der Waals surface area (Å²) < 4.78 is 0. The second-order valence-electron chi connectivity index (χ2n) is 4.83. The topological polar surface area (TPSA) is 53.4 Å². The third kappa shape index (κ3) is 3.22. The molecular formula is C16H18N2O2. The Bertz CT molecular complexity index is 584. The van der Waals surface area contributed by atoms with E-state index >= 15 is 0 Å². The summed E-state index contributed by atoms with van der Waals surface area (Å²) in [6.45, 7) is 2.69. The third-order valence-electron chi connectivity index (χ3n) is 3.52. The van der Waals surface area contributed by atoms with Gasteiger partial charge in [0.05, 0.1) is 5.56 Å². The van der Waals surface area contributed by atoms with Crippen LogP contribution in [0, 0.1) is 0 Å². The molecule has 2 rings (SSSR count). The van der Waals surface area contributed by atoms with Gasteiger partial charge in [0.25, 0.3) is 0 Å². The van der Waals surface area contributed by atoms with Gasteiger partial charge in [0.15, 0.2) is 0 Å². The van der Waals surface area contributed by atoms with Gasteiger partial charge in [-0.3, -0.25) is 9.88 Å². The first-order chi connectivity index (χ1) is 9.59. The monoisotopic (exact) mass is 270 g/mol. The Kier molecular flexibility index (Phi) is 4.48. The molecule has 4 heteroatoms. The molecule has 0 bridgehead atoms. The van der Waals surface area contributed by atoms with Crippen molar-refractivity contribution in [1.82, 2.24) is 9.88 Å². The van der Waals surface area contributed by atoms with Gasteiger partial charge in [-0.2, -0.15) is 0 Å².